The van der Waals surface area contributed by atoms with E-state index in [2.05, 4.69) is 45.9 Å². The third kappa shape index (κ3) is 2.04. The smallest absolute Gasteiger partial charge is 0.163 e. The molecule has 86 valence electrons. The lowest BCUT2D eigenvalue weighted by atomic mass is 9.79. The Balaban J connectivity index is 2.47. The molecule has 0 spiro atoms. The molecule has 1 heteroatoms. The number of benzene rings is 1. The number of Topliss-reactive ketones (excluding diaryl/α,β-unsaturated/α-hetero) is 1. The molecule has 0 heterocycles. The van der Waals surface area contributed by atoms with Gasteiger partial charge in [0.05, 0.1) is 0 Å². The molecule has 0 bridgehead atoms. The molecule has 0 saturated carbocycles. The van der Waals surface area contributed by atoms with Crippen LogP contribution >= 0.6 is 0 Å². The molecule has 1 nitrogen and oxygen atoms in total. The van der Waals surface area contributed by atoms with Crippen LogP contribution in [-0.4, -0.2) is 5.78 Å². The van der Waals surface area contributed by atoms with E-state index in [0.29, 0.717) is 18.1 Å². The average molecular weight is 216 g/mol. The molecule has 0 fully saturated rings. The van der Waals surface area contributed by atoms with Crippen LogP contribution in [0.15, 0.2) is 18.2 Å². The van der Waals surface area contributed by atoms with Gasteiger partial charge in [0.1, 0.15) is 0 Å². The summed E-state index contributed by atoms with van der Waals surface area (Å²) >= 11 is 0. The first kappa shape index (κ1) is 11.4. The quantitative estimate of drug-likeness (QED) is 0.645. The highest BCUT2D eigenvalue weighted by Crippen LogP contribution is 2.30. The molecule has 0 saturated heterocycles. The van der Waals surface area contributed by atoms with E-state index in [0.717, 1.165) is 12.0 Å². The molecule has 1 unspecified atom stereocenters. The van der Waals surface area contributed by atoms with Crippen molar-refractivity contribution in [3.8, 4) is 0 Å². The summed E-state index contributed by atoms with van der Waals surface area (Å²) in [6.45, 7) is 8.71. The van der Waals surface area contributed by atoms with Gasteiger partial charge in [-0.2, -0.15) is 0 Å². The van der Waals surface area contributed by atoms with Crippen molar-refractivity contribution in [1.82, 2.24) is 0 Å². The first-order valence-corrected chi connectivity index (χ1v) is 6.04. The lowest BCUT2D eigenvalue weighted by molar-refractivity contribution is 0.0953. The van der Waals surface area contributed by atoms with Crippen molar-refractivity contribution in [2.24, 2.45) is 5.92 Å². The van der Waals surface area contributed by atoms with E-state index in [9.17, 15) is 4.79 Å². The summed E-state index contributed by atoms with van der Waals surface area (Å²) in [5.41, 5.74) is 3.58. The van der Waals surface area contributed by atoms with Gasteiger partial charge in [0.2, 0.25) is 0 Å². The maximum absolute atomic E-state index is 12.0. The van der Waals surface area contributed by atoms with Crippen LogP contribution in [0.3, 0.4) is 0 Å². The van der Waals surface area contributed by atoms with Crippen LogP contribution in [0.5, 0.6) is 0 Å². The lowest BCUT2D eigenvalue weighted by Crippen LogP contribution is -2.20. The van der Waals surface area contributed by atoms with Gasteiger partial charge < -0.3 is 0 Å². The monoisotopic (exact) mass is 216 g/mol. The Morgan fingerprint density at radius 1 is 1.19 bits per heavy atom. The fraction of sp³-hybridized carbons (Fsp3) is 0.533. The molecule has 2 rings (SSSR count). The van der Waals surface area contributed by atoms with E-state index in [4.69, 9.17) is 0 Å². The normalized spacial score (nSPS) is 20.8. The zero-order valence-electron chi connectivity index (χ0n) is 10.6. The molecule has 0 aliphatic heterocycles. The van der Waals surface area contributed by atoms with Gasteiger partial charge in [-0.3, -0.25) is 4.79 Å². The molecule has 0 N–H and O–H groups in total. The highest BCUT2D eigenvalue weighted by atomic mass is 16.1. The molecule has 0 radical (unpaired) electrons. The zero-order valence-corrected chi connectivity index (χ0v) is 10.6. The van der Waals surface area contributed by atoms with Crippen LogP contribution in [0.2, 0.25) is 0 Å². The van der Waals surface area contributed by atoms with Gasteiger partial charge in [-0.1, -0.05) is 39.8 Å². The van der Waals surface area contributed by atoms with Crippen molar-refractivity contribution in [2.75, 3.05) is 0 Å². The number of ketones is 1. The van der Waals surface area contributed by atoms with Gasteiger partial charge in [-0.25, -0.2) is 0 Å². The second-order valence-electron chi connectivity index (χ2n) is 6.06. The van der Waals surface area contributed by atoms with Crippen LogP contribution in [0.1, 0.15) is 55.6 Å². The van der Waals surface area contributed by atoms with Crippen LogP contribution in [0.25, 0.3) is 0 Å². The Hall–Kier alpha value is -1.11. The number of rotatable bonds is 0. The van der Waals surface area contributed by atoms with Crippen molar-refractivity contribution < 1.29 is 4.79 Å². The largest absolute Gasteiger partial charge is 0.294 e. The van der Waals surface area contributed by atoms with Gasteiger partial charge in [0, 0.05) is 12.0 Å². The minimum Gasteiger partial charge on any atom is -0.294 e. The summed E-state index contributed by atoms with van der Waals surface area (Å²) in [5.74, 6) is 0.820. The van der Waals surface area contributed by atoms with Crippen LogP contribution in [0.4, 0.5) is 0 Å². The fourth-order valence-electron chi connectivity index (χ4n) is 2.35. The van der Waals surface area contributed by atoms with Crippen molar-refractivity contribution in [1.29, 1.82) is 0 Å². The summed E-state index contributed by atoms with van der Waals surface area (Å²) in [7, 11) is 0. The maximum atomic E-state index is 12.0. The summed E-state index contributed by atoms with van der Waals surface area (Å²) in [6.07, 6.45) is 1.76. The van der Waals surface area contributed by atoms with Gasteiger partial charge >= 0.3 is 0 Å². The van der Waals surface area contributed by atoms with E-state index < -0.39 is 0 Å². The SMILES string of the molecule is CC1CC(=O)c2cc(C(C)(C)C)ccc2C1. The standard InChI is InChI=1S/C15H20O/c1-10-7-11-5-6-12(15(2,3)4)9-13(11)14(16)8-10/h5-6,9-10H,7-8H2,1-4H3. The summed E-state index contributed by atoms with van der Waals surface area (Å²) in [4.78, 5) is 12.0. The van der Waals surface area contributed by atoms with Crippen LogP contribution in [0, 0.1) is 5.92 Å². The minimum atomic E-state index is 0.123. The van der Waals surface area contributed by atoms with Crippen molar-refractivity contribution in [3.05, 3.63) is 34.9 Å². The third-order valence-corrected chi connectivity index (χ3v) is 3.38. The number of carbonyl (C=O) groups is 1. The molecule has 1 atom stereocenters. The number of hydrogen-bond donors (Lipinski definition) is 0. The van der Waals surface area contributed by atoms with E-state index in [-0.39, 0.29) is 5.41 Å². The van der Waals surface area contributed by atoms with Crippen molar-refractivity contribution in [3.63, 3.8) is 0 Å². The Bertz CT molecular complexity index is 424. The number of fused-ring (bicyclic) bond motifs is 1. The predicted molar refractivity (Wildman–Crippen MR) is 67.0 cm³/mol. The minimum absolute atomic E-state index is 0.123. The second kappa shape index (κ2) is 3.73. The number of carbonyl (C=O) groups excluding carboxylic acids is 1. The Kier molecular flexibility index (Phi) is 2.65. The molecule has 0 amide bonds. The van der Waals surface area contributed by atoms with Gasteiger partial charge in [0.15, 0.2) is 5.78 Å². The first-order valence-electron chi connectivity index (χ1n) is 6.04. The third-order valence-electron chi connectivity index (χ3n) is 3.38. The molecule has 16 heavy (non-hydrogen) atoms. The summed E-state index contributed by atoms with van der Waals surface area (Å²) in [6, 6.07) is 6.41. The lowest BCUT2D eigenvalue weighted by Gasteiger charge is -2.25. The zero-order chi connectivity index (χ0) is 11.9. The van der Waals surface area contributed by atoms with E-state index in [1.165, 1.54) is 11.1 Å². The Labute approximate surface area is 97.9 Å². The maximum Gasteiger partial charge on any atom is 0.163 e. The van der Waals surface area contributed by atoms with E-state index >= 15 is 0 Å². The van der Waals surface area contributed by atoms with Gasteiger partial charge in [0.25, 0.3) is 0 Å². The Morgan fingerprint density at radius 2 is 1.88 bits per heavy atom. The molecular weight excluding hydrogens is 196 g/mol. The Morgan fingerprint density at radius 3 is 2.50 bits per heavy atom. The average Bonchev–Trinajstić information content (AvgIpc) is 2.15. The van der Waals surface area contributed by atoms with Crippen LogP contribution < -0.4 is 0 Å². The molecule has 1 aliphatic rings. The fourth-order valence-corrected chi connectivity index (χ4v) is 2.35. The molecule has 1 aliphatic carbocycles. The molecule has 1 aromatic rings. The van der Waals surface area contributed by atoms with Gasteiger partial charge in [-0.05, 0) is 34.9 Å². The topological polar surface area (TPSA) is 17.1 Å². The van der Waals surface area contributed by atoms with Crippen LogP contribution in [-0.2, 0) is 11.8 Å². The van der Waals surface area contributed by atoms with Crippen molar-refractivity contribution in [2.45, 2.75) is 46.0 Å². The van der Waals surface area contributed by atoms with E-state index in [1.807, 2.05) is 0 Å². The van der Waals surface area contributed by atoms with Gasteiger partial charge in [-0.15, -0.1) is 0 Å². The highest BCUT2D eigenvalue weighted by molar-refractivity contribution is 5.98. The second-order valence-corrected chi connectivity index (χ2v) is 6.06. The number of hydrogen-bond acceptors (Lipinski definition) is 1. The predicted octanol–water partition coefficient (Wildman–Crippen LogP) is 3.75. The molecule has 1 aromatic carbocycles. The highest BCUT2D eigenvalue weighted by Gasteiger charge is 2.24. The summed E-state index contributed by atoms with van der Waals surface area (Å²) in [5, 5.41) is 0. The summed E-state index contributed by atoms with van der Waals surface area (Å²) < 4.78 is 0. The molecular formula is C15H20O. The molecule has 0 aromatic heterocycles. The van der Waals surface area contributed by atoms with Crippen molar-refractivity contribution >= 4 is 5.78 Å². The first-order chi connectivity index (χ1) is 7.38. The van der Waals surface area contributed by atoms with E-state index in [1.54, 1.807) is 0 Å².